The molecule has 0 fully saturated rings. The normalized spacial score (nSPS) is 10.8. The van der Waals surface area contributed by atoms with Crippen molar-refractivity contribution in [2.45, 2.75) is 24.2 Å². The summed E-state index contributed by atoms with van der Waals surface area (Å²) in [4.78, 5) is 23.5. The molecule has 0 aliphatic heterocycles. The van der Waals surface area contributed by atoms with Crippen LogP contribution in [0.15, 0.2) is 23.1 Å². The van der Waals surface area contributed by atoms with Gasteiger partial charge in [0.25, 0.3) is 5.91 Å². The molecule has 22 heavy (non-hydrogen) atoms. The number of benzene rings is 1. The number of thiophene rings is 1. The van der Waals surface area contributed by atoms with Crippen molar-refractivity contribution < 1.29 is 19.4 Å². The van der Waals surface area contributed by atoms with Crippen LogP contribution in [0, 0.1) is 0 Å². The third-order valence-electron chi connectivity index (χ3n) is 3.10. The average molecular weight is 339 g/mol. The fourth-order valence-corrected chi connectivity index (χ4v) is 4.44. The second-order valence-electron chi connectivity index (χ2n) is 4.69. The van der Waals surface area contributed by atoms with Crippen molar-refractivity contribution in [2.24, 2.45) is 5.73 Å². The highest BCUT2D eigenvalue weighted by Gasteiger charge is 2.17. The fourth-order valence-electron chi connectivity index (χ4n) is 2.04. The summed E-state index contributed by atoms with van der Waals surface area (Å²) in [6.07, 6.45) is 1.57. The number of rotatable bonds is 8. The maximum absolute atomic E-state index is 11.6. The molecule has 2 rings (SSSR count). The average Bonchev–Trinajstić information content (AvgIpc) is 2.84. The number of amides is 1. The van der Waals surface area contributed by atoms with Gasteiger partial charge in [0.15, 0.2) is 0 Å². The first-order valence-electron chi connectivity index (χ1n) is 6.78. The number of thioether (sulfide) groups is 1. The van der Waals surface area contributed by atoms with Crippen LogP contribution in [0.1, 0.15) is 28.9 Å². The van der Waals surface area contributed by atoms with E-state index in [1.54, 1.807) is 18.9 Å². The molecule has 1 aromatic heterocycles. The van der Waals surface area contributed by atoms with Crippen molar-refractivity contribution in [1.82, 2.24) is 0 Å². The van der Waals surface area contributed by atoms with Crippen LogP contribution in [-0.4, -0.2) is 29.8 Å². The molecule has 0 radical (unpaired) electrons. The van der Waals surface area contributed by atoms with Gasteiger partial charge in [-0.15, -0.1) is 23.1 Å². The van der Waals surface area contributed by atoms with E-state index in [0.29, 0.717) is 11.3 Å². The molecule has 0 saturated heterocycles. The van der Waals surface area contributed by atoms with E-state index in [-0.39, 0.29) is 6.42 Å². The van der Waals surface area contributed by atoms with Gasteiger partial charge in [-0.1, -0.05) is 0 Å². The molecular weight excluding hydrogens is 322 g/mol. The van der Waals surface area contributed by atoms with Crippen molar-refractivity contribution in [3.8, 4) is 5.75 Å². The third-order valence-corrected chi connectivity index (χ3v) is 5.62. The Hall–Kier alpha value is -1.73. The van der Waals surface area contributed by atoms with E-state index in [9.17, 15) is 9.59 Å². The predicted octanol–water partition coefficient (Wildman–Crippen LogP) is 3.36. The summed E-state index contributed by atoms with van der Waals surface area (Å²) >= 11 is 2.92. The number of carboxylic acid groups (broad SMARTS) is 1. The summed E-state index contributed by atoms with van der Waals surface area (Å²) in [6.45, 7) is 0. The number of ether oxygens (including phenoxy) is 1. The minimum atomic E-state index is -0.784. The predicted molar refractivity (Wildman–Crippen MR) is 89.1 cm³/mol. The monoisotopic (exact) mass is 339 g/mol. The summed E-state index contributed by atoms with van der Waals surface area (Å²) < 4.78 is 6.22. The topological polar surface area (TPSA) is 89.6 Å². The zero-order valence-electron chi connectivity index (χ0n) is 12.1. The van der Waals surface area contributed by atoms with Gasteiger partial charge in [-0.05, 0) is 36.8 Å². The Balaban J connectivity index is 2.19. The van der Waals surface area contributed by atoms with Crippen LogP contribution in [0.25, 0.3) is 10.1 Å². The molecule has 1 aromatic carbocycles. The SMILES string of the molecule is COc1ccc2sc(C(N)=O)c(SCCCCC(=O)O)c2c1. The molecule has 1 amide bonds. The number of nitrogens with two attached hydrogens (primary N) is 1. The lowest BCUT2D eigenvalue weighted by Gasteiger charge is -2.04. The number of aliphatic carboxylic acids is 1. The summed E-state index contributed by atoms with van der Waals surface area (Å²) in [7, 11) is 1.60. The van der Waals surface area contributed by atoms with Gasteiger partial charge in [-0.25, -0.2) is 0 Å². The van der Waals surface area contributed by atoms with Crippen LogP contribution in [0.2, 0.25) is 0 Å². The number of primary amides is 1. The van der Waals surface area contributed by atoms with Crippen molar-refractivity contribution in [3.05, 3.63) is 23.1 Å². The first-order chi connectivity index (χ1) is 10.5. The lowest BCUT2D eigenvalue weighted by Crippen LogP contribution is -2.09. The number of carboxylic acids is 1. The van der Waals surface area contributed by atoms with Gasteiger partial charge in [-0.2, -0.15) is 0 Å². The molecule has 0 unspecified atom stereocenters. The zero-order valence-corrected chi connectivity index (χ0v) is 13.8. The van der Waals surface area contributed by atoms with Crippen LogP contribution < -0.4 is 10.5 Å². The van der Waals surface area contributed by atoms with Crippen LogP contribution >= 0.6 is 23.1 Å². The quantitative estimate of drug-likeness (QED) is 0.568. The third kappa shape index (κ3) is 3.92. The van der Waals surface area contributed by atoms with E-state index < -0.39 is 11.9 Å². The molecule has 0 atom stereocenters. The van der Waals surface area contributed by atoms with Crippen LogP contribution in [-0.2, 0) is 4.79 Å². The summed E-state index contributed by atoms with van der Waals surface area (Å²) in [5.41, 5.74) is 5.47. The molecule has 0 saturated carbocycles. The van der Waals surface area contributed by atoms with Crippen molar-refractivity contribution >= 4 is 45.1 Å². The summed E-state index contributed by atoms with van der Waals surface area (Å²) in [5.74, 6) is 0.257. The van der Waals surface area contributed by atoms with Gasteiger partial charge in [-0.3, -0.25) is 9.59 Å². The Morgan fingerprint density at radius 1 is 1.36 bits per heavy atom. The molecule has 7 heteroatoms. The highest BCUT2D eigenvalue weighted by molar-refractivity contribution is 7.99. The Morgan fingerprint density at radius 3 is 2.77 bits per heavy atom. The van der Waals surface area contributed by atoms with Crippen LogP contribution in [0.3, 0.4) is 0 Å². The van der Waals surface area contributed by atoms with E-state index in [4.69, 9.17) is 15.6 Å². The van der Waals surface area contributed by atoms with Gasteiger partial charge >= 0.3 is 5.97 Å². The van der Waals surface area contributed by atoms with Crippen molar-refractivity contribution in [2.75, 3.05) is 12.9 Å². The maximum atomic E-state index is 11.6. The number of carbonyl (C=O) groups is 2. The number of carbonyl (C=O) groups excluding carboxylic acids is 1. The minimum absolute atomic E-state index is 0.168. The van der Waals surface area contributed by atoms with Crippen molar-refractivity contribution in [3.63, 3.8) is 0 Å². The van der Waals surface area contributed by atoms with E-state index in [0.717, 1.165) is 32.9 Å². The number of methoxy groups -OCH3 is 1. The lowest BCUT2D eigenvalue weighted by atomic mass is 10.2. The standard InChI is InChI=1S/C15H17NO4S2/c1-20-9-5-6-11-10(8-9)13(14(22-11)15(16)19)21-7-3-2-4-12(17)18/h5-6,8H,2-4,7H2,1H3,(H2,16,19)(H,17,18). The molecule has 0 aliphatic carbocycles. The number of hydrogen-bond donors (Lipinski definition) is 2. The van der Waals surface area contributed by atoms with Crippen LogP contribution in [0.4, 0.5) is 0 Å². The smallest absolute Gasteiger partial charge is 0.303 e. The van der Waals surface area contributed by atoms with E-state index in [1.165, 1.54) is 11.3 Å². The Kier molecular flexibility index (Phi) is 5.68. The first-order valence-corrected chi connectivity index (χ1v) is 8.58. The molecule has 1 heterocycles. The second kappa shape index (κ2) is 7.51. The van der Waals surface area contributed by atoms with E-state index in [1.807, 2.05) is 18.2 Å². The molecule has 0 aliphatic rings. The lowest BCUT2D eigenvalue weighted by molar-refractivity contribution is -0.137. The first kappa shape index (κ1) is 16.6. The van der Waals surface area contributed by atoms with Gasteiger partial charge < -0.3 is 15.6 Å². The molecule has 3 N–H and O–H groups in total. The molecular formula is C15H17NO4S2. The summed E-state index contributed by atoms with van der Waals surface area (Å²) in [5, 5.41) is 9.59. The van der Waals surface area contributed by atoms with Gasteiger partial charge in [0.05, 0.1) is 7.11 Å². The molecule has 118 valence electrons. The molecule has 0 bridgehead atoms. The largest absolute Gasteiger partial charge is 0.497 e. The fraction of sp³-hybridized carbons (Fsp3) is 0.333. The van der Waals surface area contributed by atoms with Crippen LogP contribution in [0.5, 0.6) is 5.75 Å². The highest BCUT2D eigenvalue weighted by Crippen LogP contribution is 2.40. The van der Waals surface area contributed by atoms with Gasteiger partial charge in [0.1, 0.15) is 10.6 Å². The molecule has 5 nitrogen and oxygen atoms in total. The van der Waals surface area contributed by atoms with Crippen molar-refractivity contribution in [1.29, 1.82) is 0 Å². The molecule has 2 aromatic rings. The Labute approximate surface area is 136 Å². The summed E-state index contributed by atoms with van der Waals surface area (Å²) in [6, 6.07) is 5.67. The number of hydrogen-bond acceptors (Lipinski definition) is 5. The highest BCUT2D eigenvalue weighted by atomic mass is 32.2. The number of unbranched alkanes of at least 4 members (excludes halogenated alkanes) is 1. The minimum Gasteiger partial charge on any atom is -0.497 e. The second-order valence-corrected chi connectivity index (χ2v) is 6.84. The zero-order chi connectivity index (χ0) is 16.1. The van der Waals surface area contributed by atoms with E-state index in [2.05, 4.69) is 0 Å². The Morgan fingerprint density at radius 2 is 2.14 bits per heavy atom. The number of fused-ring (bicyclic) bond motifs is 1. The van der Waals surface area contributed by atoms with Gasteiger partial charge in [0, 0.05) is 21.4 Å². The Bertz CT molecular complexity index is 696. The van der Waals surface area contributed by atoms with Gasteiger partial charge in [0.2, 0.25) is 0 Å². The maximum Gasteiger partial charge on any atom is 0.303 e. The molecule has 0 spiro atoms. The van der Waals surface area contributed by atoms with E-state index >= 15 is 0 Å².